The van der Waals surface area contributed by atoms with Crippen LogP contribution >= 0.6 is 0 Å². The van der Waals surface area contributed by atoms with Crippen LogP contribution in [0.4, 0.5) is 0 Å². The first-order valence-electron chi connectivity index (χ1n) is 15.6. The zero-order chi connectivity index (χ0) is 32.3. The summed E-state index contributed by atoms with van der Waals surface area (Å²) >= 11 is 0. The van der Waals surface area contributed by atoms with Crippen LogP contribution in [0.25, 0.3) is 0 Å². The lowest BCUT2D eigenvalue weighted by molar-refractivity contribution is -0.138. The van der Waals surface area contributed by atoms with Gasteiger partial charge in [0.05, 0.1) is 12.3 Å². The van der Waals surface area contributed by atoms with Crippen LogP contribution in [0.2, 0.25) is 0 Å². The number of amides is 1. The standard InChI is InChI=1S/C33H46N4O7/c1-6-19-18(5)32(43)37-26(19)12-24-17(4)21(8-10-30(39)40)27(34-24)14-28-22(9-11-31(41)42)23(15-38)29(35-28)13-25-16(3)20(7-2)33(44)36-25/h18-19,26,32,34-35,37-38,43H,6-15H2,1-5H3,(H,39,40)(H,41,42)/t18-,19-,26-,32+/m1/s1. The molecule has 11 heteroatoms. The first-order chi connectivity index (χ1) is 20.9. The van der Waals surface area contributed by atoms with E-state index in [-0.39, 0.29) is 49.7 Å². The van der Waals surface area contributed by atoms with Crippen LogP contribution in [-0.2, 0) is 53.1 Å². The number of aliphatic hydroxyl groups is 2. The summed E-state index contributed by atoms with van der Waals surface area (Å²) in [5, 5.41) is 43.2. The predicted molar refractivity (Wildman–Crippen MR) is 166 cm³/mol. The average molecular weight is 611 g/mol. The van der Waals surface area contributed by atoms with Crippen molar-refractivity contribution < 1.29 is 34.8 Å². The van der Waals surface area contributed by atoms with Crippen LogP contribution in [0.15, 0.2) is 16.1 Å². The van der Waals surface area contributed by atoms with E-state index in [0.29, 0.717) is 60.2 Å². The zero-order valence-electron chi connectivity index (χ0n) is 26.3. The summed E-state index contributed by atoms with van der Waals surface area (Å²) in [5.74, 6) is -1.69. The van der Waals surface area contributed by atoms with E-state index in [1.807, 2.05) is 27.7 Å². The maximum atomic E-state index is 12.4. The van der Waals surface area contributed by atoms with Crippen molar-refractivity contribution >= 4 is 23.6 Å². The van der Waals surface area contributed by atoms with Crippen LogP contribution in [-0.4, -0.2) is 66.2 Å². The first kappa shape index (κ1) is 33.4. The molecule has 7 N–H and O–H groups in total. The molecule has 240 valence electrons. The SMILES string of the molecule is CCC1=C(C)C(Cc2[nH]c(Cc3[nH]c(C[C@H]4N[C@@H](O)[C@H](C)[C@H]4CC)c(C)c3CCC(=O)O)c(CCC(=O)O)c2CO)=NC1=O. The fraction of sp³-hybridized carbons (Fsp3) is 0.576. The molecule has 4 atom stereocenters. The molecule has 2 aromatic heterocycles. The number of carbonyl (C=O) groups is 3. The van der Waals surface area contributed by atoms with Gasteiger partial charge in [-0.15, -0.1) is 0 Å². The number of aromatic nitrogens is 2. The molecule has 0 unspecified atom stereocenters. The number of carbonyl (C=O) groups excluding carboxylic acids is 1. The number of nitrogens with one attached hydrogen (secondary N) is 3. The van der Waals surface area contributed by atoms with Crippen molar-refractivity contribution in [1.82, 2.24) is 15.3 Å². The van der Waals surface area contributed by atoms with Crippen LogP contribution in [0.3, 0.4) is 0 Å². The summed E-state index contributed by atoms with van der Waals surface area (Å²) in [6, 6.07) is 0.0611. The minimum atomic E-state index is -0.953. The Labute approximate surface area is 257 Å². The predicted octanol–water partition coefficient (Wildman–Crippen LogP) is 3.51. The number of aromatic amines is 2. The second-order valence-electron chi connectivity index (χ2n) is 12.2. The Hall–Kier alpha value is -3.54. The van der Waals surface area contributed by atoms with E-state index in [4.69, 9.17) is 0 Å². The van der Waals surface area contributed by atoms with Crippen molar-refractivity contribution in [2.45, 2.75) is 111 Å². The number of H-pyrrole nitrogens is 2. The highest BCUT2D eigenvalue weighted by Crippen LogP contribution is 2.34. The average Bonchev–Trinajstić information content (AvgIpc) is 3.63. The second-order valence-corrected chi connectivity index (χ2v) is 12.2. The second kappa shape index (κ2) is 14.0. The van der Waals surface area contributed by atoms with Gasteiger partial charge in [0.15, 0.2) is 0 Å². The molecule has 1 amide bonds. The minimum absolute atomic E-state index is 0.0386. The Kier molecular flexibility index (Phi) is 10.6. The summed E-state index contributed by atoms with van der Waals surface area (Å²) in [4.78, 5) is 46.8. The summed E-state index contributed by atoms with van der Waals surface area (Å²) < 4.78 is 0. The Morgan fingerprint density at radius 1 is 0.886 bits per heavy atom. The highest BCUT2D eigenvalue weighted by Gasteiger charge is 2.38. The van der Waals surface area contributed by atoms with Gasteiger partial charge < -0.3 is 30.4 Å². The number of nitrogens with zero attached hydrogens (tertiary/aromatic N) is 1. The van der Waals surface area contributed by atoms with Crippen molar-refractivity contribution in [2.75, 3.05) is 0 Å². The van der Waals surface area contributed by atoms with Crippen LogP contribution in [0.1, 0.15) is 98.4 Å². The van der Waals surface area contributed by atoms with E-state index in [2.05, 4.69) is 27.2 Å². The topological polar surface area (TPSA) is 188 Å². The van der Waals surface area contributed by atoms with Gasteiger partial charge in [-0.05, 0) is 67.2 Å². The molecular formula is C33H46N4O7. The quantitative estimate of drug-likeness (QED) is 0.159. The number of aliphatic hydroxyl groups excluding tert-OH is 2. The minimum Gasteiger partial charge on any atom is -0.481 e. The molecule has 2 aliphatic heterocycles. The molecule has 0 spiro atoms. The van der Waals surface area contributed by atoms with E-state index in [1.165, 1.54) is 0 Å². The Morgan fingerprint density at radius 2 is 1.48 bits per heavy atom. The molecule has 0 radical (unpaired) electrons. The van der Waals surface area contributed by atoms with Crippen LogP contribution in [0.5, 0.6) is 0 Å². The lowest BCUT2D eigenvalue weighted by Crippen LogP contribution is -2.33. The Bertz CT molecular complexity index is 1480. The highest BCUT2D eigenvalue weighted by molar-refractivity contribution is 6.19. The molecule has 4 rings (SSSR count). The number of rotatable bonds is 15. The molecule has 0 aromatic carbocycles. The van der Waals surface area contributed by atoms with Crippen LogP contribution in [0, 0.1) is 18.8 Å². The van der Waals surface area contributed by atoms with Crippen molar-refractivity contribution in [1.29, 1.82) is 0 Å². The maximum absolute atomic E-state index is 12.4. The smallest absolute Gasteiger partial charge is 0.303 e. The van der Waals surface area contributed by atoms with Gasteiger partial charge in [0.25, 0.3) is 5.91 Å². The van der Waals surface area contributed by atoms with E-state index in [0.717, 1.165) is 40.2 Å². The summed E-state index contributed by atoms with van der Waals surface area (Å²) in [7, 11) is 0. The van der Waals surface area contributed by atoms with Gasteiger partial charge in [0.2, 0.25) is 0 Å². The molecule has 1 saturated heterocycles. The Balaban J connectivity index is 1.73. The summed E-state index contributed by atoms with van der Waals surface area (Å²) in [5.41, 5.74) is 8.59. The van der Waals surface area contributed by atoms with E-state index in [9.17, 15) is 34.8 Å². The van der Waals surface area contributed by atoms with Gasteiger partial charge in [0.1, 0.15) is 6.23 Å². The number of hydrogen-bond donors (Lipinski definition) is 7. The first-order valence-corrected chi connectivity index (χ1v) is 15.6. The number of hydrogen-bond acceptors (Lipinski definition) is 6. The fourth-order valence-corrected chi connectivity index (χ4v) is 7.13. The normalized spacial score (nSPS) is 21.9. The maximum Gasteiger partial charge on any atom is 0.303 e. The third-order valence-electron chi connectivity index (χ3n) is 9.70. The largest absolute Gasteiger partial charge is 0.481 e. The number of carboxylic acids is 2. The molecule has 44 heavy (non-hydrogen) atoms. The number of allylic oxidation sites excluding steroid dienone is 1. The number of aliphatic imine (C=N–C) groups is 1. The van der Waals surface area contributed by atoms with E-state index >= 15 is 0 Å². The van der Waals surface area contributed by atoms with Gasteiger partial charge in [0, 0.05) is 72.1 Å². The van der Waals surface area contributed by atoms with E-state index in [1.54, 1.807) is 0 Å². The van der Waals surface area contributed by atoms with Gasteiger partial charge in [-0.25, -0.2) is 4.99 Å². The molecule has 4 heterocycles. The molecule has 1 fully saturated rings. The van der Waals surface area contributed by atoms with Gasteiger partial charge >= 0.3 is 11.9 Å². The summed E-state index contributed by atoms with van der Waals surface area (Å²) in [6.45, 7) is 9.63. The van der Waals surface area contributed by atoms with Crippen LogP contribution < -0.4 is 5.32 Å². The fourth-order valence-electron chi connectivity index (χ4n) is 7.13. The molecule has 2 aliphatic rings. The van der Waals surface area contributed by atoms with Crippen molar-refractivity contribution in [2.24, 2.45) is 16.8 Å². The molecular weight excluding hydrogens is 564 g/mol. The zero-order valence-corrected chi connectivity index (χ0v) is 26.3. The molecule has 0 aliphatic carbocycles. The van der Waals surface area contributed by atoms with Crippen molar-refractivity contribution in [3.05, 3.63) is 56.2 Å². The van der Waals surface area contributed by atoms with Gasteiger partial charge in [-0.2, -0.15) is 0 Å². The third-order valence-corrected chi connectivity index (χ3v) is 9.70. The number of aliphatic carboxylic acids is 2. The van der Waals surface area contributed by atoms with Gasteiger partial charge in [-0.3, -0.25) is 19.7 Å². The lowest BCUT2D eigenvalue weighted by Gasteiger charge is -2.20. The number of carboxylic acid groups (broad SMARTS) is 2. The Morgan fingerprint density at radius 3 is 2.05 bits per heavy atom. The molecule has 11 nitrogen and oxygen atoms in total. The van der Waals surface area contributed by atoms with E-state index < -0.39 is 18.2 Å². The van der Waals surface area contributed by atoms with Gasteiger partial charge in [-0.1, -0.05) is 27.2 Å². The summed E-state index contributed by atoms with van der Waals surface area (Å²) in [6.07, 6.45) is 2.58. The monoisotopic (exact) mass is 610 g/mol. The molecule has 2 aromatic rings. The third kappa shape index (κ3) is 6.90. The molecule has 0 bridgehead atoms. The van der Waals surface area contributed by atoms with Crippen molar-refractivity contribution in [3.63, 3.8) is 0 Å². The lowest BCUT2D eigenvalue weighted by atomic mass is 9.86. The highest BCUT2D eigenvalue weighted by atomic mass is 16.4. The van der Waals surface area contributed by atoms with Crippen molar-refractivity contribution in [3.8, 4) is 0 Å². The molecule has 0 saturated carbocycles.